The molecule has 52 valence electrons. The van der Waals surface area contributed by atoms with Crippen LogP contribution in [0.3, 0.4) is 0 Å². The summed E-state index contributed by atoms with van der Waals surface area (Å²) >= 11 is 0. The van der Waals surface area contributed by atoms with Crippen molar-refractivity contribution in [3.05, 3.63) is 0 Å². The molecule has 0 radical (unpaired) electrons. The fourth-order valence-electron chi connectivity index (χ4n) is 1.93. The van der Waals surface area contributed by atoms with Gasteiger partial charge in [0.1, 0.15) is 0 Å². The highest BCUT2D eigenvalue weighted by Gasteiger charge is 2.28. The van der Waals surface area contributed by atoms with E-state index in [0.717, 1.165) is 12.0 Å². The third kappa shape index (κ3) is 0.970. The molecule has 0 unspecified atom stereocenters. The van der Waals surface area contributed by atoms with Crippen LogP contribution < -0.4 is 10.6 Å². The molecule has 0 saturated carbocycles. The van der Waals surface area contributed by atoms with Crippen LogP contribution in [0.15, 0.2) is 0 Å². The van der Waals surface area contributed by atoms with Gasteiger partial charge >= 0.3 is 0 Å². The van der Waals surface area contributed by atoms with Crippen molar-refractivity contribution in [2.45, 2.75) is 18.9 Å². The van der Waals surface area contributed by atoms with Crippen LogP contribution in [0.2, 0.25) is 0 Å². The average Bonchev–Trinajstić information content (AvgIpc) is 2.33. The van der Waals surface area contributed by atoms with Crippen LogP contribution in [0.1, 0.15) is 12.8 Å². The maximum absolute atomic E-state index is 3.52. The van der Waals surface area contributed by atoms with Crippen molar-refractivity contribution < 1.29 is 0 Å². The smallest absolute Gasteiger partial charge is 0.0232 e. The first-order valence-corrected chi connectivity index (χ1v) is 3.91. The minimum Gasteiger partial charge on any atom is -0.315 e. The van der Waals surface area contributed by atoms with Gasteiger partial charge in [0.05, 0.1) is 0 Å². The van der Waals surface area contributed by atoms with Gasteiger partial charge < -0.3 is 10.6 Å². The van der Waals surface area contributed by atoms with Crippen molar-refractivity contribution in [3.63, 3.8) is 0 Å². The third-order valence-electron chi connectivity index (χ3n) is 2.50. The van der Waals surface area contributed by atoms with E-state index < -0.39 is 0 Å². The van der Waals surface area contributed by atoms with Crippen LogP contribution in [0.4, 0.5) is 0 Å². The second-order valence-corrected chi connectivity index (χ2v) is 3.12. The number of piperidine rings is 1. The Labute approximate surface area is 56.0 Å². The van der Waals surface area contributed by atoms with Gasteiger partial charge in [-0.25, -0.2) is 0 Å². The zero-order chi connectivity index (χ0) is 6.10. The quantitative estimate of drug-likeness (QED) is 0.476. The van der Waals surface area contributed by atoms with Crippen molar-refractivity contribution in [1.29, 1.82) is 0 Å². The fraction of sp³-hybridized carbons (Fsp3) is 1.00. The standard InChI is InChI=1S/C7H14N2/c1-2-6-4-8-5-7(6)9-3-1/h6-9H,1-5H2/t6-,7-/m1/s1. The second-order valence-electron chi connectivity index (χ2n) is 3.12. The summed E-state index contributed by atoms with van der Waals surface area (Å²) in [5, 5.41) is 6.92. The van der Waals surface area contributed by atoms with Crippen LogP contribution >= 0.6 is 0 Å². The van der Waals surface area contributed by atoms with E-state index in [0.29, 0.717) is 0 Å². The predicted molar refractivity (Wildman–Crippen MR) is 37.4 cm³/mol. The van der Waals surface area contributed by atoms with E-state index in [1.807, 2.05) is 0 Å². The van der Waals surface area contributed by atoms with E-state index in [9.17, 15) is 0 Å². The topological polar surface area (TPSA) is 24.1 Å². The molecular formula is C7H14N2. The molecule has 0 bridgehead atoms. The van der Waals surface area contributed by atoms with Crippen molar-refractivity contribution in [1.82, 2.24) is 10.6 Å². The van der Waals surface area contributed by atoms with Gasteiger partial charge in [-0.2, -0.15) is 0 Å². The number of fused-ring (bicyclic) bond motifs is 1. The SMILES string of the molecule is C1CN[C@@H]2CNC[C@H]2C1. The largest absolute Gasteiger partial charge is 0.315 e. The number of hydrogen-bond acceptors (Lipinski definition) is 2. The highest BCUT2D eigenvalue weighted by Crippen LogP contribution is 2.18. The fourth-order valence-corrected chi connectivity index (χ4v) is 1.93. The van der Waals surface area contributed by atoms with Crippen molar-refractivity contribution in [2.75, 3.05) is 19.6 Å². The lowest BCUT2D eigenvalue weighted by Crippen LogP contribution is -2.40. The third-order valence-corrected chi connectivity index (χ3v) is 2.50. The monoisotopic (exact) mass is 126 g/mol. The van der Waals surface area contributed by atoms with Gasteiger partial charge in [0.15, 0.2) is 0 Å². The molecule has 2 fully saturated rings. The van der Waals surface area contributed by atoms with Crippen molar-refractivity contribution in [2.24, 2.45) is 5.92 Å². The summed E-state index contributed by atoms with van der Waals surface area (Å²) in [6.45, 7) is 3.69. The molecule has 9 heavy (non-hydrogen) atoms. The van der Waals surface area contributed by atoms with E-state index in [1.54, 1.807) is 0 Å². The van der Waals surface area contributed by atoms with Crippen molar-refractivity contribution >= 4 is 0 Å². The number of hydrogen-bond donors (Lipinski definition) is 2. The molecular weight excluding hydrogens is 112 g/mol. The Bertz CT molecular complexity index is 91.1. The Balaban J connectivity index is 1.97. The van der Waals surface area contributed by atoms with Gasteiger partial charge in [0.2, 0.25) is 0 Å². The lowest BCUT2D eigenvalue weighted by Gasteiger charge is -2.24. The molecule has 2 aliphatic heterocycles. The summed E-state index contributed by atoms with van der Waals surface area (Å²) in [7, 11) is 0. The van der Waals surface area contributed by atoms with E-state index >= 15 is 0 Å². The highest BCUT2D eigenvalue weighted by molar-refractivity contribution is 4.89. The summed E-state index contributed by atoms with van der Waals surface area (Å²) in [5.74, 6) is 0.943. The molecule has 0 spiro atoms. The van der Waals surface area contributed by atoms with Crippen LogP contribution in [0.25, 0.3) is 0 Å². The normalized spacial score (nSPS) is 42.7. The maximum atomic E-state index is 3.52. The van der Waals surface area contributed by atoms with Gasteiger partial charge in [0.25, 0.3) is 0 Å². The first kappa shape index (κ1) is 5.69. The van der Waals surface area contributed by atoms with Gasteiger partial charge in [0, 0.05) is 12.6 Å². The minimum atomic E-state index is 0.804. The molecule has 2 N–H and O–H groups in total. The van der Waals surface area contributed by atoms with Gasteiger partial charge in [-0.05, 0) is 31.8 Å². The van der Waals surface area contributed by atoms with E-state index in [1.165, 1.54) is 32.5 Å². The average molecular weight is 126 g/mol. The summed E-state index contributed by atoms with van der Waals surface area (Å²) in [6, 6.07) is 0.804. The molecule has 0 aromatic rings. The molecule has 2 heterocycles. The van der Waals surface area contributed by atoms with Crippen LogP contribution in [-0.4, -0.2) is 25.7 Å². The Kier molecular flexibility index (Phi) is 1.44. The van der Waals surface area contributed by atoms with Gasteiger partial charge in [-0.15, -0.1) is 0 Å². The Morgan fingerprint density at radius 1 is 1.22 bits per heavy atom. The molecule has 2 atom stereocenters. The first-order valence-electron chi connectivity index (χ1n) is 3.91. The van der Waals surface area contributed by atoms with Crippen LogP contribution in [0, 0.1) is 5.92 Å². The zero-order valence-electron chi connectivity index (χ0n) is 5.69. The Morgan fingerprint density at radius 3 is 3.11 bits per heavy atom. The molecule has 2 rings (SSSR count). The second kappa shape index (κ2) is 2.27. The highest BCUT2D eigenvalue weighted by atomic mass is 15.0. The molecule has 2 saturated heterocycles. The first-order chi connectivity index (χ1) is 4.47. The Morgan fingerprint density at radius 2 is 2.22 bits per heavy atom. The predicted octanol–water partition coefficient (Wildman–Crippen LogP) is -0.0422. The zero-order valence-corrected chi connectivity index (χ0v) is 5.69. The van der Waals surface area contributed by atoms with E-state index in [4.69, 9.17) is 0 Å². The number of nitrogens with one attached hydrogen (secondary N) is 2. The lowest BCUT2D eigenvalue weighted by molar-refractivity contribution is 0.339. The molecule has 2 nitrogen and oxygen atoms in total. The van der Waals surface area contributed by atoms with Crippen molar-refractivity contribution in [3.8, 4) is 0 Å². The van der Waals surface area contributed by atoms with Gasteiger partial charge in [-0.3, -0.25) is 0 Å². The lowest BCUT2D eigenvalue weighted by atomic mass is 9.94. The van der Waals surface area contributed by atoms with Crippen LogP contribution in [-0.2, 0) is 0 Å². The summed E-state index contributed by atoms with van der Waals surface area (Å²) in [4.78, 5) is 0. The maximum Gasteiger partial charge on any atom is 0.0232 e. The summed E-state index contributed by atoms with van der Waals surface area (Å²) in [6.07, 6.45) is 2.81. The van der Waals surface area contributed by atoms with Crippen LogP contribution in [0.5, 0.6) is 0 Å². The summed E-state index contributed by atoms with van der Waals surface area (Å²) in [5.41, 5.74) is 0. The molecule has 2 aliphatic rings. The Hall–Kier alpha value is -0.0800. The molecule has 0 aromatic carbocycles. The molecule has 0 aromatic heterocycles. The van der Waals surface area contributed by atoms with E-state index in [-0.39, 0.29) is 0 Å². The summed E-state index contributed by atoms with van der Waals surface area (Å²) < 4.78 is 0. The van der Waals surface area contributed by atoms with E-state index in [2.05, 4.69) is 10.6 Å². The van der Waals surface area contributed by atoms with Gasteiger partial charge in [-0.1, -0.05) is 0 Å². The molecule has 0 amide bonds. The molecule has 2 heteroatoms. The molecule has 0 aliphatic carbocycles. The minimum absolute atomic E-state index is 0.804. The number of rotatable bonds is 0.